The Morgan fingerprint density at radius 3 is 2.52 bits per heavy atom. The lowest BCUT2D eigenvalue weighted by atomic mass is 9.87. The highest BCUT2D eigenvalue weighted by Gasteiger charge is 2.28. The van der Waals surface area contributed by atoms with Gasteiger partial charge >= 0.3 is 5.97 Å². The van der Waals surface area contributed by atoms with E-state index in [2.05, 4.69) is 0 Å². The van der Waals surface area contributed by atoms with Crippen LogP contribution in [0.4, 0.5) is 0 Å². The van der Waals surface area contributed by atoms with Crippen LogP contribution in [0.5, 0.6) is 5.75 Å². The van der Waals surface area contributed by atoms with Crippen LogP contribution in [-0.4, -0.2) is 31.0 Å². The summed E-state index contributed by atoms with van der Waals surface area (Å²) in [5.74, 6) is 0.832. The lowest BCUT2D eigenvalue weighted by Gasteiger charge is -2.28. The number of benzene rings is 1. The number of ether oxygens (including phenoxy) is 2. The van der Waals surface area contributed by atoms with E-state index in [1.165, 1.54) is 0 Å². The molecule has 0 radical (unpaired) electrons. The van der Waals surface area contributed by atoms with Gasteiger partial charge in [-0.25, -0.2) is 0 Å². The summed E-state index contributed by atoms with van der Waals surface area (Å²) in [5, 5.41) is 0. The van der Waals surface area contributed by atoms with Gasteiger partial charge in [0.1, 0.15) is 5.75 Å². The first-order valence-electron chi connectivity index (χ1n) is 9.22. The zero-order valence-corrected chi connectivity index (χ0v) is 15.3. The van der Waals surface area contributed by atoms with Crippen LogP contribution in [-0.2, 0) is 9.53 Å². The van der Waals surface area contributed by atoms with Crippen molar-refractivity contribution in [3.63, 3.8) is 0 Å². The van der Waals surface area contributed by atoms with Crippen molar-refractivity contribution in [2.45, 2.75) is 58.5 Å². The van der Waals surface area contributed by atoms with E-state index in [0.29, 0.717) is 26.0 Å². The van der Waals surface area contributed by atoms with Gasteiger partial charge in [0.05, 0.1) is 18.6 Å². The summed E-state index contributed by atoms with van der Waals surface area (Å²) >= 11 is 0. The van der Waals surface area contributed by atoms with Gasteiger partial charge in [0.15, 0.2) is 5.78 Å². The average Bonchev–Trinajstić information content (AvgIpc) is 2.60. The maximum atomic E-state index is 12.1. The first kappa shape index (κ1) is 19.4. The van der Waals surface area contributed by atoms with E-state index in [-0.39, 0.29) is 23.8 Å². The molecule has 5 nitrogen and oxygen atoms in total. The Balaban J connectivity index is 1.88. The molecule has 1 saturated carbocycles. The normalized spacial score (nSPS) is 20.1. The van der Waals surface area contributed by atoms with Crippen molar-refractivity contribution in [2.24, 2.45) is 11.7 Å². The maximum absolute atomic E-state index is 12.1. The molecule has 138 valence electrons. The summed E-state index contributed by atoms with van der Waals surface area (Å²) in [5.41, 5.74) is 7.14. The van der Waals surface area contributed by atoms with Gasteiger partial charge in [0, 0.05) is 12.0 Å². The van der Waals surface area contributed by atoms with Crippen LogP contribution in [0.3, 0.4) is 0 Å². The van der Waals surface area contributed by atoms with Gasteiger partial charge < -0.3 is 15.2 Å². The summed E-state index contributed by atoms with van der Waals surface area (Å²) in [4.78, 5) is 23.9. The van der Waals surface area contributed by atoms with E-state index in [1.807, 2.05) is 32.0 Å². The zero-order chi connectivity index (χ0) is 18.2. The van der Waals surface area contributed by atoms with Crippen LogP contribution in [0.25, 0.3) is 0 Å². The first-order valence-corrected chi connectivity index (χ1v) is 9.22. The lowest BCUT2D eigenvalue weighted by molar-refractivity contribution is -0.149. The molecule has 2 rings (SSSR count). The topological polar surface area (TPSA) is 78.6 Å². The SMILES string of the molecule is CCOC(=O)C1CCC(Oc2ccc(C(=O)CCCN)c(C)c2)CC1. The Bertz CT molecular complexity index is 591. The number of carbonyl (C=O) groups is 2. The summed E-state index contributed by atoms with van der Waals surface area (Å²) in [7, 11) is 0. The van der Waals surface area contributed by atoms with Gasteiger partial charge in [-0.15, -0.1) is 0 Å². The number of hydrogen-bond acceptors (Lipinski definition) is 5. The second-order valence-corrected chi connectivity index (χ2v) is 6.64. The molecule has 1 fully saturated rings. The fourth-order valence-electron chi connectivity index (χ4n) is 3.29. The van der Waals surface area contributed by atoms with Gasteiger partial charge in [0.2, 0.25) is 0 Å². The van der Waals surface area contributed by atoms with Crippen molar-refractivity contribution in [2.75, 3.05) is 13.2 Å². The first-order chi connectivity index (χ1) is 12.0. The smallest absolute Gasteiger partial charge is 0.308 e. The minimum absolute atomic E-state index is 0.00378. The van der Waals surface area contributed by atoms with Gasteiger partial charge in [0.25, 0.3) is 0 Å². The molecule has 5 heteroatoms. The van der Waals surface area contributed by atoms with Crippen molar-refractivity contribution in [3.05, 3.63) is 29.3 Å². The van der Waals surface area contributed by atoms with E-state index in [9.17, 15) is 9.59 Å². The fourth-order valence-corrected chi connectivity index (χ4v) is 3.29. The summed E-state index contributed by atoms with van der Waals surface area (Å²) < 4.78 is 11.2. The Labute approximate surface area is 149 Å². The summed E-state index contributed by atoms with van der Waals surface area (Å²) in [6, 6.07) is 5.63. The van der Waals surface area contributed by atoms with Gasteiger partial charge in [-0.3, -0.25) is 9.59 Å². The minimum Gasteiger partial charge on any atom is -0.490 e. The van der Waals surface area contributed by atoms with E-state index in [1.54, 1.807) is 0 Å². The molecule has 0 heterocycles. The van der Waals surface area contributed by atoms with Crippen molar-refractivity contribution < 1.29 is 19.1 Å². The molecule has 2 N–H and O–H groups in total. The Hall–Kier alpha value is -1.88. The molecule has 0 atom stereocenters. The maximum Gasteiger partial charge on any atom is 0.308 e. The largest absolute Gasteiger partial charge is 0.490 e. The van der Waals surface area contributed by atoms with Gasteiger partial charge in [-0.2, -0.15) is 0 Å². The molecule has 0 amide bonds. The number of nitrogens with two attached hydrogens (primary N) is 1. The zero-order valence-electron chi connectivity index (χ0n) is 15.3. The second-order valence-electron chi connectivity index (χ2n) is 6.64. The molecule has 0 spiro atoms. The molecule has 1 aliphatic rings. The van der Waals surface area contributed by atoms with Gasteiger partial charge in [-0.1, -0.05) is 0 Å². The summed E-state index contributed by atoms with van der Waals surface area (Å²) in [6.45, 7) is 4.73. The molecule has 25 heavy (non-hydrogen) atoms. The molecule has 0 aliphatic heterocycles. The lowest BCUT2D eigenvalue weighted by Crippen LogP contribution is -2.29. The molecule has 0 bridgehead atoms. The highest BCUT2D eigenvalue weighted by Crippen LogP contribution is 2.29. The Kier molecular flexibility index (Phi) is 7.44. The number of esters is 1. The third-order valence-corrected chi connectivity index (χ3v) is 4.70. The van der Waals surface area contributed by atoms with E-state index in [4.69, 9.17) is 15.2 Å². The molecule has 1 aliphatic carbocycles. The predicted octanol–water partition coefficient (Wildman–Crippen LogP) is 3.42. The van der Waals surface area contributed by atoms with E-state index >= 15 is 0 Å². The standard InChI is InChI=1S/C20H29NO4/c1-3-24-20(23)15-6-8-16(9-7-15)25-17-10-11-18(14(2)13-17)19(22)5-4-12-21/h10-11,13,15-16H,3-9,12,21H2,1-2H3. The number of rotatable bonds is 8. The van der Waals surface area contributed by atoms with Crippen LogP contribution in [0.1, 0.15) is 61.4 Å². The Morgan fingerprint density at radius 1 is 1.20 bits per heavy atom. The molecule has 0 aromatic heterocycles. The molecular formula is C20H29NO4. The van der Waals surface area contributed by atoms with E-state index < -0.39 is 0 Å². The molecular weight excluding hydrogens is 318 g/mol. The van der Waals surface area contributed by atoms with Crippen LogP contribution >= 0.6 is 0 Å². The number of Topliss-reactive ketones (excluding diaryl/α,β-unsaturated/α-hetero) is 1. The molecule has 1 aromatic rings. The van der Waals surface area contributed by atoms with Crippen molar-refractivity contribution in [1.29, 1.82) is 0 Å². The number of ketones is 1. The van der Waals surface area contributed by atoms with Crippen LogP contribution in [0, 0.1) is 12.8 Å². The quantitative estimate of drug-likeness (QED) is 0.576. The highest BCUT2D eigenvalue weighted by molar-refractivity contribution is 5.97. The van der Waals surface area contributed by atoms with Crippen molar-refractivity contribution in [3.8, 4) is 5.75 Å². The average molecular weight is 347 g/mol. The molecule has 0 unspecified atom stereocenters. The monoisotopic (exact) mass is 347 g/mol. The van der Waals surface area contributed by atoms with Crippen molar-refractivity contribution in [1.82, 2.24) is 0 Å². The number of carbonyl (C=O) groups excluding carboxylic acids is 2. The fraction of sp³-hybridized carbons (Fsp3) is 0.600. The predicted molar refractivity (Wildman–Crippen MR) is 96.8 cm³/mol. The van der Waals surface area contributed by atoms with Crippen LogP contribution in [0.2, 0.25) is 0 Å². The highest BCUT2D eigenvalue weighted by atomic mass is 16.5. The van der Waals surface area contributed by atoms with Crippen molar-refractivity contribution >= 4 is 11.8 Å². The van der Waals surface area contributed by atoms with Crippen LogP contribution in [0.15, 0.2) is 18.2 Å². The molecule has 0 saturated heterocycles. The summed E-state index contributed by atoms with van der Waals surface area (Å²) in [6.07, 6.45) is 4.61. The molecule has 1 aromatic carbocycles. The van der Waals surface area contributed by atoms with Crippen LogP contribution < -0.4 is 10.5 Å². The van der Waals surface area contributed by atoms with Gasteiger partial charge in [-0.05, 0) is 76.3 Å². The third kappa shape index (κ3) is 5.56. The Morgan fingerprint density at radius 2 is 1.92 bits per heavy atom. The number of aryl methyl sites for hydroxylation is 1. The minimum atomic E-state index is -0.0860. The van der Waals surface area contributed by atoms with E-state index in [0.717, 1.165) is 42.6 Å². The third-order valence-electron chi connectivity index (χ3n) is 4.70. The second kappa shape index (κ2) is 9.56. The number of hydrogen-bond donors (Lipinski definition) is 1.